The fraction of sp³-hybridized carbons (Fsp3) is 0.400. The molecule has 1 fully saturated rings. The van der Waals surface area contributed by atoms with Crippen molar-refractivity contribution in [1.82, 2.24) is 14.7 Å². The molecule has 1 aliphatic rings. The van der Waals surface area contributed by atoms with Gasteiger partial charge in [-0.05, 0) is 31.9 Å². The predicted octanol–water partition coefficient (Wildman–Crippen LogP) is 1.63. The Labute approximate surface area is 156 Å². The van der Waals surface area contributed by atoms with Crippen molar-refractivity contribution in [2.24, 2.45) is 7.05 Å². The second kappa shape index (κ2) is 6.64. The van der Waals surface area contributed by atoms with E-state index in [0.29, 0.717) is 28.1 Å². The molecular formula is C20H24N5O2+. The van der Waals surface area contributed by atoms with Gasteiger partial charge < -0.3 is 11.1 Å². The Kier molecular flexibility index (Phi) is 4.30. The Bertz CT molecular complexity index is 1110. The number of hydrogen-bond donors (Lipinski definition) is 2. The molecule has 0 spiro atoms. The summed E-state index contributed by atoms with van der Waals surface area (Å²) in [5.74, 6) is 0.0753. The van der Waals surface area contributed by atoms with Gasteiger partial charge >= 0.3 is 0 Å². The quantitative estimate of drug-likeness (QED) is 0.532. The molecule has 3 aromatic heterocycles. The van der Waals surface area contributed by atoms with Gasteiger partial charge in [0.25, 0.3) is 17.1 Å². The van der Waals surface area contributed by atoms with E-state index in [1.807, 2.05) is 19.1 Å². The van der Waals surface area contributed by atoms with Gasteiger partial charge in [-0.15, -0.1) is 0 Å². The second-order valence-corrected chi connectivity index (χ2v) is 7.35. The van der Waals surface area contributed by atoms with Crippen LogP contribution in [0.1, 0.15) is 48.0 Å². The first kappa shape index (κ1) is 17.5. The summed E-state index contributed by atoms with van der Waals surface area (Å²) in [6.07, 6.45) is 7.13. The van der Waals surface area contributed by atoms with Gasteiger partial charge in [0.05, 0.1) is 7.05 Å². The van der Waals surface area contributed by atoms with Crippen molar-refractivity contribution in [3.05, 3.63) is 45.9 Å². The van der Waals surface area contributed by atoms with E-state index in [-0.39, 0.29) is 17.5 Å². The number of aromatic nitrogens is 3. The number of nitrogen functional groups attached to an aromatic ring is 1. The molecule has 1 amide bonds. The number of nitrogens with one attached hydrogen (secondary N) is 1. The van der Waals surface area contributed by atoms with Gasteiger partial charge in [0.1, 0.15) is 10.9 Å². The summed E-state index contributed by atoms with van der Waals surface area (Å²) in [6, 6.07) is 5.46. The van der Waals surface area contributed by atoms with Crippen molar-refractivity contribution in [2.45, 2.75) is 45.1 Å². The lowest BCUT2D eigenvalue weighted by Gasteiger charge is -2.22. The van der Waals surface area contributed by atoms with Crippen LogP contribution in [0.15, 0.2) is 29.2 Å². The molecule has 7 heteroatoms. The minimum absolute atomic E-state index is 0.171. The van der Waals surface area contributed by atoms with Crippen molar-refractivity contribution in [3.8, 4) is 0 Å². The number of fused-ring (bicyclic) bond motifs is 2. The molecule has 4 rings (SSSR count). The fourth-order valence-electron chi connectivity index (χ4n) is 3.89. The van der Waals surface area contributed by atoms with Gasteiger partial charge in [0.15, 0.2) is 0 Å². The molecule has 3 heterocycles. The number of aryl methyl sites for hydroxylation is 2. The van der Waals surface area contributed by atoms with Crippen LogP contribution < -0.4 is 21.2 Å². The average Bonchev–Trinajstić information content (AvgIpc) is 2.67. The number of anilines is 1. The summed E-state index contributed by atoms with van der Waals surface area (Å²) in [5, 5.41) is 3.45. The number of nitrogens with two attached hydrogens (primary N) is 1. The van der Waals surface area contributed by atoms with Crippen molar-refractivity contribution in [2.75, 3.05) is 5.73 Å². The summed E-state index contributed by atoms with van der Waals surface area (Å²) < 4.78 is 3.13. The maximum Gasteiger partial charge on any atom is 0.278 e. The lowest BCUT2D eigenvalue weighted by molar-refractivity contribution is -0.632. The highest BCUT2D eigenvalue weighted by atomic mass is 16.2. The first-order valence-electron chi connectivity index (χ1n) is 9.38. The van der Waals surface area contributed by atoms with Crippen molar-refractivity contribution >= 4 is 28.4 Å². The van der Waals surface area contributed by atoms with Gasteiger partial charge in [-0.2, -0.15) is 0 Å². The number of rotatable bonds is 2. The molecule has 0 radical (unpaired) electrons. The number of carbonyl (C=O) groups excluding carboxylic acids is 1. The summed E-state index contributed by atoms with van der Waals surface area (Å²) in [4.78, 5) is 30.5. The van der Waals surface area contributed by atoms with Crippen LogP contribution in [0.4, 0.5) is 5.82 Å². The molecule has 0 saturated heterocycles. The molecule has 0 bridgehead atoms. The van der Waals surface area contributed by atoms with E-state index >= 15 is 0 Å². The highest BCUT2D eigenvalue weighted by Gasteiger charge is 2.24. The molecular weight excluding hydrogens is 342 g/mol. The van der Waals surface area contributed by atoms with Gasteiger partial charge in [-0.1, -0.05) is 30.3 Å². The van der Waals surface area contributed by atoms with Crippen LogP contribution in [0.25, 0.3) is 16.7 Å². The molecule has 0 aromatic carbocycles. The van der Waals surface area contributed by atoms with E-state index in [1.165, 1.54) is 10.8 Å². The normalized spacial score (nSPS) is 15.3. The lowest BCUT2D eigenvalue weighted by Crippen LogP contribution is -2.41. The zero-order chi connectivity index (χ0) is 19.1. The van der Waals surface area contributed by atoms with Crippen LogP contribution >= 0.6 is 0 Å². The smallest absolute Gasteiger partial charge is 0.278 e. The Morgan fingerprint density at radius 1 is 1.33 bits per heavy atom. The van der Waals surface area contributed by atoms with Crippen LogP contribution in [0, 0.1) is 6.92 Å². The molecule has 0 atom stereocenters. The average molecular weight is 366 g/mol. The van der Waals surface area contributed by atoms with Crippen LogP contribution in [0.2, 0.25) is 0 Å². The van der Waals surface area contributed by atoms with Crippen LogP contribution in [0.5, 0.6) is 0 Å². The van der Waals surface area contributed by atoms with E-state index < -0.39 is 0 Å². The SMILES string of the molecule is Cc1cccn2c(=O)c3cc(C(=O)NC4CCCCC4)c(N)[n+](C)c3nc12. The molecule has 27 heavy (non-hydrogen) atoms. The van der Waals surface area contributed by atoms with Crippen LogP contribution in [-0.4, -0.2) is 21.3 Å². The van der Waals surface area contributed by atoms with Crippen molar-refractivity contribution in [1.29, 1.82) is 0 Å². The first-order valence-corrected chi connectivity index (χ1v) is 9.38. The maximum atomic E-state index is 13.0. The molecule has 3 aromatic rings. The zero-order valence-electron chi connectivity index (χ0n) is 15.7. The van der Waals surface area contributed by atoms with Crippen molar-refractivity contribution < 1.29 is 9.36 Å². The highest BCUT2D eigenvalue weighted by Crippen LogP contribution is 2.19. The van der Waals surface area contributed by atoms with E-state index in [2.05, 4.69) is 10.3 Å². The van der Waals surface area contributed by atoms with E-state index in [1.54, 1.807) is 23.9 Å². The second-order valence-electron chi connectivity index (χ2n) is 7.35. The molecule has 7 nitrogen and oxygen atoms in total. The fourth-order valence-corrected chi connectivity index (χ4v) is 3.89. The van der Waals surface area contributed by atoms with E-state index in [4.69, 9.17) is 5.73 Å². The Morgan fingerprint density at radius 3 is 2.81 bits per heavy atom. The molecule has 0 aliphatic heterocycles. The monoisotopic (exact) mass is 366 g/mol. The van der Waals surface area contributed by atoms with Crippen LogP contribution in [0.3, 0.4) is 0 Å². The third kappa shape index (κ3) is 2.93. The van der Waals surface area contributed by atoms with Gasteiger partial charge in [-0.25, -0.2) is 4.57 Å². The third-order valence-corrected chi connectivity index (χ3v) is 5.49. The Morgan fingerprint density at radius 2 is 2.07 bits per heavy atom. The summed E-state index contributed by atoms with van der Waals surface area (Å²) in [5.41, 5.74) is 8.31. The van der Waals surface area contributed by atoms with Gasteiger partial charge in [0, 0.05) is 17.8 Å². The molecule has 140 valence electrons. The molecule has 3 N–H and O–H groups in total. The number of hydrogen-bond acceptors (Lipinski definition) is 4. The minimum Gasteiger partial charge on any atom is -0.349 e. The zero-order valence-corrected chi connectivity index (χ0v) is 15.7. The summed E-state index contributed by atoms with van der Waals surface area (Å²) >= 11 is 0. The minimum atomic E-state index is -0.231. The van der Waals surface area contributed by atoms with Crippen LogP contribution in [-0.2, 0) is 7.05 Å². The number of nitrogens with zero attached hydrogens (tertiary/aromatic N) is 3. The molecule has 1 saturated carbocycles. The lowest BCUT2D eigenvalue weighted by atomic mass is 9.95. The predicted molar refractivity (Wildman–Crippen MR) is 104 cm³/mol. The topological polar surface area (TPSA) is 93.4 Å². The largest absolute Gasteiger partial charge is 0.349 e. The number of pyridine rings is 2. The highest BCUT2D eigenvalue weighted by molar-refractivity contribution is 6.00. The van der Waals surface area contributed by atoms with Crippen molar-refractivity contribution in [3.63, 3.8) is 0 Å². The first-order chi connectivity index (χ1) is 13.0. The van der Waals surface area contributed by atoms with E-state index in [9.17, 15) is 9.59 Å². The molecule has 1 aliphatic carbocycles. The maximum absolute atomic E-state index is 13.0. The number of carbonyl (C=O) groups is 1. The third-order valence-electron chi connectivity index (χ3n) is 5.49. The van der Waals surface area contributed by atoms with Gasteiger partial charge in [0.2, 0.25) is 11.5 Å². The Hall–Kier alpha value is -2.96. The summed E-state index contributed by atoms with van der Waals surface area (Å²) in [6.45, 7) is 1.91. The Balaban J connectivity index is 1.86. The number of amides is 1. The molecule has 0 unspecified atom stereocenters. The van der Waals surface area contributed by atoms with Gasteiger partial charge in [-0.3, -0.25) is 14.0 Å². The summed E-state index contributed by atoms with van der Waals surface area (Å²) in [7, 11) is 1.73. The van der Waals surface area contributed by atoms with E-state index in [0.717, 1.165) is 31.2 Å². The standard InChI is InChI=1S/C20H23N5O2/c1-12-7-6-10-25-17(12)23-18-15(20(25)27)11-14(16(21)24(18)2)19(26)22-13-8-4-3-5-9-13/h6-7,10-11,13,21H,3-5,8-9H2,1-2H3,(H,22,26)/p+1.